The minimum atomic E-state index is 0.0115. The normalized spacial score (nSPS) is 18.5. The summed E-state index contributed by atoms with van der Waals surface area (Å²) in [4.78, 5) is 17.7. The van der Waals surface area contributed by atoms with Crippen molar-refractivity contribution in [1.29, 1.82) is 0 Å². The summed E-state index contributed by atoms with van der Waals surface area (Å²) in [6.45, 7) is 15.0. The fraction of sp³-hybridized carbons (Fsp3) is 0.552. The smallest absolute Gasteiger partial charge is 0.225 e. The summed E-state index contributed by atoms with van der Waals surface area (Å²) in [5.41, 5.74) is 3.91. The molecule has 5 nitrogen and oxygen atoms in total. The monoisotopic (exact) mass is 466 g/mol. The Kier molecular flexibility index (Phi) is 9.01. The van der Waals surface area contributed by atoms with Crippen LogP contribution < -0.4 is 9.47 Å². The van der Waals surface area contributed by atoms with E-state index in [0.717, 1.165) is 44.2 Å². The first kappa shape index (κ1) is 26.1. The van der Waals surface area contributed by atoms with Crippen molar-refractivity contribution in [2.75, 3.05) is 40.4 Å². The first-order valence-corrected chi connectivity index (χ1v) is 12.5. The molecule has 34 heavy (non-hydrogen) atoms. The average molecular weight is 467 g/mol. The van der Waals surface area contributed by atoms with E-state index in [9.17, 15) is 4.79 Å². The van der Waals surface area contributed by atoms with Crippen molar-refractivity contribution in [1.82, 2.24) is 9.80 Å². The van der Waals surface area contributed by atoms with E-state index in [1.807, 2.05) is 19.9 Å². The van der Waals surface area contributed by atoms with Gasteiger partial charge in [-0.05, 0) is 47.6 Å². The molecule has 5 heteroatoms. The first-order chi connectivity index (χ1) is 16.2. The van der Waals surface area contributed by atoms with Crippen molar-refractivity contribution in [3.05, 3.63) is 59.2 Å². The van der Waals surface area contributed by atoms with Gasteiger partial charge in [-0.3, -0.25) is 9.69 Å². The topological polar surface area (TPSA) is 42.0 Å². The third-order valence-corrected chi connectivity index (χ3v) is 6.77. The van der Waals surface area contributed by atoms with Crippen LogP contribution in [0.1, 0.15) is 50.3 Å². The molecular formula is C29H42N2O3. The standard InChI is InChI=1S/C29H42N2O3/c1-20(2)15-31(29(32)21(3)4)18-24-17-30(19-28(24)27-11-9-8-10-22(27)5)16-23-12-25(33-6)14-26(13-23)34-7/h8-14,20-21,24,28H,15-19H2,1-7H3. The lowest BCUT2D eigenvalue weighted by Gasteiger charge is -2.31. The van der Waals surface area contributed by atoms with E-state index in [1.54, 1.807) is 14.2 Å². The van der Waals surface area contributed by atoms with Gasteiger partial charge in [-0.25, -0.2) is 0 Å². The van der Waals surface area contributed by atoms with Gasteiger partial charge in [0.1, 0.15) is 11.5 Å². The molecule has 0 aromatic heterocycles. The first-order valence-electron chi connectivity index (χ1n) is 12.5. The summed E-state index contributed by atoms with van der Waals surface area (Å²) < 4.78 is 11.0. The number of rotatable bonds is 10. The number of amides is 1. The highest BCUT2D eigenvalue weighted by Crippen LogP contribution is 2.36. The van der Waals surface area contributed by atoms with Crippen molar-refractivity contribution in [2.24, 2.45) is 17.8 Å². The molecule has 1 amide bonds. The van der Waals surface area contributed by atoms with Gasteiger partial charge < -0.3 is 14.4 Å². The van der Waals surface area contributed by atoms with E-state index in [4.69, 9.17) is 9.47 Å². The lowest BCUT2D eigenvalue weighted by molar-refractivity contribution is -0.135. The van der Waals surface area contributed by atoms with E-state index in [-0.39, 0.29) is 11.8 Å². The van der Waals surface area contributed by atoms with Gasteiger partial charge in [0.15, 0.2) is 0 Å². The Morgan fingerprint density at radius 3 is 2.24 bits per heavy atom. The van der Waals surface area contributed by atoms with Crippen LogP contribution in [0.3, 0.4) is 0 Å². The summed E-state index contributed by atoms with van der Waals surface area (Å²) in [5, 5.41) is 0. The molecule has 0 bridgehead atoms. The summed E-state index contributed by atoms with van der Waals surface area (Å²) in [7, 11) is 3.38. The molecule has 1 aliphatic heterocycles. The Hall–Kier alpha value is -2.53. The minimum absolute atomic E-state index is 0.0115. The van der Waals surface area contributed by atoms with E-state index in [2.05, 4.69) is 67.0 Å². The molecule has 2 aromatic carbocycles. The molecular weight excluding hydrogens is 424 g/mol. The molecule has 0 spiro atoms. The Labute approximate surface area is 206 Å². The molecule has 186 valence electrons. The average Bonchev–Trinajstić information content (AvgIpc) is 3.19. The van der Waals surface area contributed by atoms with Crippen molar-refractivity contribution in [2.45, 2.75) is 47.1 Å². The van der Waals surface area contributed by atoms with Crippen LogP contribution in [0.2, 0.25) is 0 Å². The number of aryl methyl sites for hydroxylation is 1. The Bertz CT molecular complexity index is 934. The number of carbonyl (C=O) groups is 1. The predicted octanol–water partition coefficient (Wildman–Crippen LogP) is 5.37. The quantitative estimate of drug-likeness (QED) is 0.472. The van der Waals surface area contributed by atoms with Crippen molar-refractivity contribution < 1.29 is 14.3 Å². The predicted molar refractivity (Wildman–Crippen MR) is 138 cm³/mol. The highest BCUT2D eigenvalue weighted by atomic mass is 16.5. The summed E-state index contributed by atoms with van der Waals surface area (Å²) in [6, 6.07) is 14.8. The Balaban J connectivity index is 1.87. The van der Waals surface area contributed by atoms with Gasteiger partial charge in [-0.2, -0.15) is 0 Å². The number of likely N-dealkylation sites (tertiary alicyclic amines) is 1. The van der Waals surface area contributed by atoms with E-state index in [1.165, 1.54) is 16.7 Å². The van der Waals surface area contributed by atoms with Gasteiger partial charge in [0.25, 0.3) is 0 Å². The molecule has 1 heterocycles. The maximum atomic E-state index is 13.1. The SMILES string of the molecule is COc1cc(CN2CC(CN(CC(C)C)C(=O)C(C)C)C(c3ccccc3C)C2)cc(OC)c1. The van der Waals surface area contributed by atoms with E-state index >= 15 is 0 Å². The van der Waals surface area contributed by atoms with Crippen LogP contribution in [0.5, 0.6) is 11.5 Å². The number of hydrogen-bond donors (Lipinski definition) is 0. The zero-order valence-electron chi connectivity index (χ0n) is 22.0. The molecule has 0 N–H and O–H groups in total. The molecule has 1 aliphatic rings. The molecule has 0 aliphatic carbocycles. The van der Waals surface area contributed by atoms with Crippen LogP contribution in [0.25, 0.3) is 0 Å². The second kappa shape index (κ2) is 11.7. The van der Waals surface area contributed by atoms with Gasteiger partial charge in [-0.1, -0.05) is 52.0 Å². The lowest BCUT2D eigenvalue weighted by Crippen LogP contribution is -2.41. The number of hydrogen-bond acceptors (Lipinski definition) is 4. The lowest BCUT2D eigenvalue weighted by atomic mass is 9.86. The molecule has 1 saturated heterocycles. The van der Waals surface area contributed by atoms with E-state index < -0.39 is 0 Å². The number of benzene rings is 2. The molecule has 3 rings (SSSR count). The number of carbonyl (C=O) groups excluding carboxylic acids is 1. The minimum Gasteiger partial charge on any atom is -0.497 e. The molecule has 2 aromatic rings. The van der Waals surface area contributed by atoms with Crippen LogP contribution in [0.15, 0.2) is 42.5 Å². The van der Waals surface area contributed by atoms with Crippen molar-refractivity contribution >= 4 is 5.91 Å². The second-order valence-corrected chi connectivity index (χ2v) is 10.4. The molecule has 0 radical (unpaired) electrons. The van der Waals surface area contributed by atoms with Crippen molar-refractivity contribution in [3.8, 4) is 11.5 Å². The van der Waals surface area contributed by atoms with Crippen LogP contribution in [0.4, 0.5) is 0 Å². The molecule has 2 unspecified atom stereocenters. The Morgan fingerprint density at radius 2 is 1.68 bits per heavy atom. The zero-order valence-corrected chi connectivity index (χ0v) is 22.0. The van der Waals surface area contributed by atoms with E-state index in [0.29, 0.717) is 17.8 Å². The fourth-order valence-corrected chi connectivity index (χ4v) is 5.19. The fourth-order valence-electron chi connectivity index (χ4n) is 5.19. The molecule has 0 saturated carbocycles. The van der Waals surface area contributed by atoms with Crippen molar-refractivity contribution in [3.63, 3.8) is 0 Å². The summed E-state index contributed by atoms with van der Waals surface area (Å²) >= 11 is 0. The Morgan fingerprint density at radius 1 is 1.03 bits per heavy atom. The van der Waals surface area contributed by atoms with Gasteiger partial charge in [-0.15, -0.1) is 0 Å². The number of methoxy groups -OCH3 is 2. The van der Waals surface area contributed by atoms with Gasteiger partial charge in [0.05, 0.1) is 14.2 Å². The van der Waals surface area contributed by atoms with Crippen LogP contribution in [-0.4, -0.2) is 56.1 Å². The van der Waals surface area contributed by atoms with Gasteiger partial charge >= 0.3 is 0 Å². The van der Waals surface area contributed by atoms with Crippen LogP contribution in [-0.2, 0) is 11.3 Å². The highest BCUT2D eigenvalue weighted by Gasteiger charge is 2.36. The largest absolute Gasteiger partial charge is 0.497 e. The zero-order chi connectivity index (χ0) is 24.8. The van der Waals surface area contributed by atoms with Crippen LogP contribution in [0, 0.1) is 24.7 Å². The number of nitrogens with zero attached hydrogens (tertiary/aromatic N) is 2. The third kappa shape index (κ3) is 6.53. The maximum Gasteiger partial charge on any atom is 0.225 e. The molecule has 2 atom stereocenters. The van der Waals surface area contributed by atoms with Gasteiger partial charge in [0.2, 0.25) is 5.91 Å². The number of ether oxygens (including phenoxy) is 2. The summed E-state index contributed by atoms with van der Waals surface area (Å²) in [5.74, 6) is 3.11. The summed E-state index contributed by atoms with van der Waals surface area (Å²) in [6.07, 6.45) is 0. The molecule has 1 fully saturated rings. The second-order valence-electron chi connectivity index (χ2n) is 10.4. The van der Waals surface area contributed by atoms with Crippen LogP contribution >= 0.6 is 0 Å². The van der Waals surface area contributed by atoms with Gasteiger partial charge in [0, 0.05) is 50.6 Å². The maximum absolute atomic E-state index is 13.1. The third-order valence-electron chi connectivity index (χ3n) is 6.77. The highest BCUT2D eigenvalue weighted by molar-refractivity contribution is 5.78.